The van der Waals surface area contributed by atoms with Crippen LogP contribution in [0.1, 0.15) is 12.5 Å². The molecule has 1 unspecified atom stereocenters. The van der Waals surface area contributed by atoms with E-state index in [0.29, 0.717) is 65.9 Å². The smallest absolute Gasteiger partial charge is 0.243 e. The van der Waals surface area contributed by atoms with Gasteiger partial charge in [-0.25, -0.2) is 0 Å². The van der Waals surface area contributed by atoms with Gasteiger partial charge in [0.05, 0.1) is 58.9 Å². The minimum absolute atomic E-state index is 0.0417. The van der Waals surface area contributed by atoms with Gasteiger partial charge in [0.25, 0.3) is 0 Å². The second kappa shape index (κ2) is 17.2. The number of carbonyl (C=O) groups is 1. The van der Waals surface area contributed by atoms with Gasteiger partial charge in [0.2, 0.25) is 5.91 Å². The normalized spacial score (nSPS) is 19.4. The number of amides is 1. The molecule has 8 nitrogen and oxygen atoms in total. The minimum atomic E-state index is -0.300. The topological polar surface area (TPSA) is 63.7 Å². The van der Waals surface area contributed by atoms with Crippen LogP contribution in [0, 0.1) is 0 Å². The lowest BCUT2D eigenvalue weighted by Gasteiger charge is -2.31. The largest absolute Gasteiger partial charge is 0.378 e. The SMILES string of the molecule is CC(C(=O)N(C)c1ccccc1)N1CCOCCOCCN(Cc2ccccc2)CCOCCOCC1. The molecule has 0 spiro atoms. The van der Waals surface area contributed by atoms with Crippen molar-refractivity contribution in [3.8, 4) is 0 Å². The van der Waals surface area contributed by atoms with E-state index in [0.717, 1.165) is 25.3 Å². The van der Waals surface area contributed by atoms with Gasteiger partial charge in [-0.05, 0) is 24.6 Å². The molecule has 8 heteroatoms. The van der Waals surface area contributed by atoms with Crippen molar-refractivity contribution in [1.29, 1.82) is 0 Å². The van der Waals surface area contributed by atoms with Crippen LogP contribution in [0.5, 0.6) is 0 Å². The Morgan fingerprint density at radius 3 is 1.70 bits per heavy atom. The maximum Gasteiger partial charge on any atom is 0.243 e. The molecule has 1 fully saturated rings. The molecule has 2 aromatic rings. The summed E-state index contributed by atoms with van der Waals surface area (Å²) in [5, 5.41) is 0. The molecule has 0 saturated carbocycles. The Morgan fingerprint density at radius 2 is 1.19 bits per heavy atom. The summed E-state index contributed by atoms with van der Waals surface area (Å²) in [5.74, 6) is 0.0417. The van der Waals surface area contributed by atoms with E-state index in [1.54, 1.807) is 4.90 Å². The van der Waals surface area contributed by atoms with Gasteiger partial charge in [-0.2, -0.15) is 0 Å². The van der Waals surface area contributed by atoms with E-state index in [9.17, 15) is 4.79 Å². The van der Waals surface area contributed by atoms with Gasteiger partial charge in [-0.1, -0.05) is 48.5 Å². The van der Waals surface area contributed by atoms with Gasteiger partial charge >= 0.3 is 0 Å². The van der Waals surface area contributed by atoms with Gasteiger partial charge in [0, 0.05) is 45.5 Å². The van der Waals surface area contributed by atoms with E-state index < -0.39 is 0 Å². The number of benzene rings is 2. The van der Waals surface area contributed by atoms with Crippen LogP contribution >= 0.6 is 0 Å². The molecule has 1 atom stereocenters. The third kappa shape index (κ3) is 10.9. The number of rotatable bonds is 5. The van der Waals surface area contributed by atoms with Crippen LogP contribution in [0.15, 0.2) is 60.7 Å². The van der Waals surface area contributed by atoms with Crippen molar-refractivity contribution in [3.05, 3.63) is 66.2 Å². The van der Waals surface area contributed by atoms with E-state index in [2.05, 4.69) is 34.1 Å². The van der Waals surface area contributed by atoms with Crippen molar-refractivity contribution in [2.75, 3.05) is 91.0 Å². The summed E-state index contributed by atoms with van der Waals surface area (Å²) < 4.78 is 23.4. The predicted molar refractivity (Wildman–Crippen MR) is 146 cm³/mol. The molecule has 0 aromatic heterocycles. The molecule has 3 rings (SSSR count). The first-order chi connectivity index (χ1) is 18.1. The lowest BCUT2D eigenvalue weighted by atomic mass is 10.2. The lowest BCUT2D eigenvalue weighted by molar-refractivity contribution is -0.123. The number of carbonyl (C=O) groups excluding carboxylic acids is 1. The van der Waals surface area contributed by atoms with E-state index in [4.69, 9.17) is 18.9 Å². The standard InChI is InChI=1S/C29H43N3O5/c1-26(29(33)30(2)28-11-7-4-8-12-28)32-15-19-36-23-21-34-17-13-31(25-27-9-5-3-6-10-27)14-18-35-22-24-37-20-16-32/h3-12,26H,13-25H2,1-2H3. The monoisotopic (exact) mass is 513 g/mol. The summed E-state index contributed by atoms with van der Waals surface area (Å²) in [6.45, 7) is 10.2. The molecule has 0 N–H and O–H groups in total. The molecule has 0 radical (unpaired) electrons. The molecular formula is C29H43N3O5. The molecule has 1 heterocycles. The van der Waals surface area contributed by atoms with Crippen LogP contribution < -0.4 is 4.90 Å². The van der Waals surface area contributed by atoms with Gasteiger partial charge in [0.15, 0.2) is 0 Å². The average molecular weight is 514 g/mol. The highest BCUT2D eigenvalue weighted by Crippen LogP contribution is 2.14. The second-order valence-electron chi connectivity index (χ2n) is 9.16. The first-order valence-electron chi connectivity index (χ1n) is 13.3. The Hall–Kier alpha value is -2.33. The van der Waals surface area contributed by atoms with E-state index >= 15 is 0 Å². The highest BCUT2D eigenvalue weighted by molar-refractivity contribution is 5.96. The van der Waals surface area contributed by atoms with Crippen molar-refractivity contribution in [3.63, 3.8) is 0 Å². The third-order valence-corrected chi connectivity index (χ3v) is 6.52. The summed E-state index contributed by atoms with van der Waals surface area (Å²) in [4.78, 5) is 19.4. The summed E-state index contributed by atoms with van der Waals surface area (Å²) >= 11 is 0. The quantitative estimate of drug-likeness (QED) is 0.609. The van der Waals surface area contributed by atoms with Crippen molar-refractivity contribution in [2.45, 2.75) is 19.5 Å². The van der Waals surface area contributed by atoms with Gasteiger partial charge in [-0.15, -0.1) is 0 Å². The zero-order valence-electron chi connectivity index (χ0n) is 22.4. The number of para-hydroxylation sites is 1. The molecule has 0 aliphatic carbocycles. The number of ether oxygens (including phenoxy) is 4. The second-order valence-corrected chi connectivity index (χ2v) is 9.16. The zero-order chi connectivity index (χ0) is 26.1. The van der Waals surface area contributed by atoms with Crippen LogP contribution in [0.4, 0.5) is 5.69 Å². The molecule has 1 saturated heterocycles. The van der Waals surface area contributed by atoms with Crippen LogP contribution in [0.2, 0.25) is 0 Å². The summed E-state index contributed by atoms with van der Waals surface area (Å²) in [7, 11) is 1.82. The summed E-state index contributed by atoms with van der Waals surface area (Å²) in [5.41, 5.74) is 2.16. The van der Waals surface area contributed by atoms with Crippen LogP contribution in [0.3, 0.4) is 0 Å². The average Bonchev–Trinajstić information content (AvgIpc) is 2.93. The van der Waals surface area contributed by atoms with Crippen LogP contribution in [-0.2, 0) is 30.3 Å². The Kier molecular flexibility index (Phi) is 13.6. The van der Waals surface area contributed by atoms with E-state index in [1.807, 2.05) is 50.4 Å². The number of likely N-dealkylation sites (N-methyl/N-ethyl adjacent to an activating group) is 1. The van der Waals surface area contributed by atoms with Crippen LogP contribution in [0.25, 0.3) is 0 Å². The maximum atomic E-state index is 13.2. The fourth-order valence-corrected chi connectivity index (χ4v) is 4.22. The highest BCUT2D eigenvalue weighted by atomic mass is 16.5. The Labute approximate surface area is 222 Å². The van der Waals surface area contributed by atoms with Crippen molar-refractivity contribution in [2.24, 2.45) is 0 Å². The fourth-order valence-electron chi connectivity index (χ4n) is 4.22. The fraction of sp³-hybridized carbons (Fsp3) is 0.552. The maximum absolute atomic E-state index is 13.2. The zero-order valence-corrected chi connectivity index (χ0v) is 22.4. The van der Waals surface area contributed by atoms with E-state index in [1.165, 1.54) is 5.56 Å². The van der Waals surface area contributed by atoms with Crippen LogP contribution in [-0.4, -0.2) is 108 Å². The van der Waals surface area contributed by atoms with Gasteiger partial charge < -0.3 is 23.8 Å². The summed E-state index contributed by atoms with van der Waals surface area (Å²) in [6, 6.07) is 19.9. The van der Waals surface area contributed by atoms with Crippen molar-refractivity contribution in [1.82, 2.24) is 9.80 Å². The number of nitrogens with zero attached hydrogens (tertiary/aromatic N) is 3. The van der Waals surface area contributed by atoms with Crippen molar-refractivity contribution < 1.29 is 23.7 Å². The molecule has 2 aromatic carbocycles. The van der Waals surface area contributed by atoms with Gasteiger partial charge in [-0.3, -0.25) is 14.6 Å². The predicted octanol–water partition coefficient (Wildman–Crippen LogP) is 2.92. The molecule has 1 amide bonds. The Balaban J connectivity index is 1.48. The Morgan fingerprint density at radius 1 is 0.730 bits per heavy atom. The lowest BCUT2D eigenvalue weighted by Crippen LogP contribution is -2.48. The number of hydrogen-bond donors (Lipinski definition) is 0. The highest BCUT2D eigenvalue weighted by Gasteiger charge is 2.24. The van der Waals surface area contributed by atoms with Crippen molar-refractivity contribution >= 4 is 11.6 Å². The molecule has 1 aliphatic heterocycles. The molecule has 37 heavy (non-hydrogen) atoms. The minimum Gasteiger partial charge on any atom is -0.378 e. The van der Waals surface area contributed by atoms with Gasteiger partial charge in [0.1, 0.15) is 0 Å². The number of hydrogen-bond acceptors (Lipinski definition) is 7. The first kappa shape index (κ1) is 29.2. The summed E-state index contributed by atoms with van der Waals surface area (Å²) in [6.07, 6.45) is 0. The third-order valence-electron chi connectivity index (χ3n) is 6.52. The molecule has 0 bridgehead atoms. The number of anilines is 1. The first-order valence-corrected chi connectivity index (χ1v) is 13.3. The Bertz CT molecular complexity index is 850. The van der Waals surface area contributed by atoms with E-state index in [-0.39, 0.29) is 11.9 Å². The molecule has 1 aliphatic rings. The molecule has 204 valence electrons. The molecular weight excluding hydrogens is 470 g/mol.